The standard InChI is InChI=1S/C38H58N2O4/c1-3-5-7-9-11-13-15-17-19-21-23-27-25-29(39)31-33(35(27)41)38(44)34-32(37(31)43)30(40)26-28(36(34)42)24-22-20-18-16-14-12-10-8-6-4-2/h25-26,41-42H,3-24,39-40H2,1-2H3. The van der Waals surface area contributed by atoms with Crippen molar-refractivity contribution in [3.63, 3.8) is 0 Å². The number of phenols is 2. The number of rotatable bonds is 22. The fourth-order valence-corrected chi connectivity index (χ4v) is 6.67. The number of carbonyl (C=O) groups is 2. The van der Waals surface area contributed by atoms with E-state index in [1.165, 1.54) is 89.9 Å². The SMILES string of the molecule is CCCCCCCCCCCCc1cc(N)c2c(c1O)C(=O)c1c(O)c(CCCCCCCCCCCC)cc(N)c1C2=O. The van der Waals surface area contributed by atoms with Crippen LogP contribution in [0.25, 0.3) is 0 Å². The minimum atomic E-state index is -0.585. The lowest BCUT2D eigenvalue weighted by molar-refractivity contribution is 0.0975. The Morgan fingerprint density at radius 1 is 0.455 bits per heavy atom. The summed E-state index contributed by atoms with van der Waals surface area (Å²) in [6, 6.07) is 3.24. The second kappa shape index (κ2) is 18.7. The number of carbonyl (C=O) groups excluding carboxylic acids is 2. The van der Waals surface area contributed by atoms with Crippen molar-refractivity contribution in [1.29, 1.82) is 0 Å². The molecule has 0 bridgehead atoms. The number of ketones is 2. The van der Waals surface area contributed by atoms with Gasteiger partial charge in [-0.15, -0.1) is 0 Å². The lowest BCUT2D eigenvalue weighted by Crippen LogP contribution is -2.25. The van der Waals surface area contributed by atoms with Gasteiger partial charge in [-0.3, -0.25) is 9.59 Å². The van der Waals surface area contributed by atoms with Crippen LogP contribution in [-0.4, -0.2) is 21.8 Å². The van der Waals surface area contributed by atoms with Gasteiger partial charge in [-0.25, -0.2) is 0 Å². The van der Waals surface area contributed by atoms with E-state index in [2.05, 4.69) is 13.8 Å². The molecule has 2 aromatic carbocycles. The minimum Gasteiger partial charge on any atom is -0.507 e. The van der Waals surface area contributed by atoms with E-state index in [9.17, 15) is 19.8 Å². The Hall–Kier alpha value is -3.02. The van der Waals surface area contributed by atoms with E-state index in [1.807, 2.05) is 0 Å². The number of hydrogen-bond donors (Lipinski definition) is 4. The lowest BCUT2D eigenvalue weighted by Gasteiger charge is -2.24. The molecule has 2 aromatic rings. The van der Waals surface area contributed by atoms with Crippen molar-refractivity contribution >= 4 is 22.9 Å². The summed E-state index contributed by atoms with van der Waals surface area (Å²) < 4.78 is 0. The largest absolute Gasteiger partial charge is 0.507 e. The molecule has 0 aliphatic heterocycles. The van der Waals surface area contributed by atoms with Crippen molar-refractivity contribution in [2.24, 2.45) is 0 Å². The van der Waals surface area contributed by atoms with Crippen LogP contribution in [0.3, 0.4) is 0 Å². The first kappa shape index (κ1) is 35.5. The first-order valence-corrected chi connectivity index (χ1v) is 17.7. The van der Waals surface area contributed by atoms with E-state index < -0.39 is 11.6 Å². The minimum absolute atomic E-state index is 0.0135. The number of fused-ring (bicyclic) bond motifs is 2. The van der Waals surface area contributed by atoms with Gasteiger partial charge in [-0.1, -0.05) is 129 Å². The van der Waals surface area contributed by atoms with Crippen LogP contribution in [0, 0.1) is 0 Å². The zero-order chi connectivity index (χ0) is 31.9. The Balaban J connectivity index is 1.61. The van der Waals surface area contributed by atoms with Crippen molar-refractivity contribution in [2.45, 2.75) is 155 Å². The molecular formula is C38H58N2O4. The van der Waals surface area contributed by atoms with Gasteiger partial charge in [0, 0.05) is 11.4 Å². The summed E-state index contributed by atoms with van der Waals surface area (Å²) >= 11 is 0. The maximum absolute atomic E-state index is 13.8. The van der Waals surface area contributed by atoms with Crippen molar-refractivity contribution < 1.29 is 19.8 Å². The van der Waals surface area contributed by atoms with Crippen molar-refractivity contribution in [2.75, 3.05) is 11.5 Å². The third kappa shape index (κ3) is 9.49. The first-order chi connectivity index (χ1) is 21.3. The van der Waals surface area contributed by atoms with Crippen LogP contribution >= 0.6 is 0 Å². The van der Waals surface area contributed by atoms with E-state index in [-0.39, 0.29) is 45.1 Å². The molecule has 0 atom stereocenters. The molecule has 44 heavy (non-hydrogen) atoms. The Bertz CT molecular complexity index is 1140. The molecular weight excluding hydrogens is 548 g/mol. The average molecular weight is 607 g/mol. The highest BCUT2D eigenvalue weighted by Crippen LogP contribution is 2.44. The number of phenolic OH excluding ortho intramolecular Hbond substituents is 2. The number of aryl methyl sites for hydroxylation is 2. The fraction of sp³-hybridized carbons (Fsp3) is 0.632. The van der Waals surface area contributed by atoms with Gasteiger partial charge in [0.25, 0.3) is 0 Å². The van der Waals surface area contributed by atoms with E-state index in [0.29, 0.717) is 24.0 Å². The van der Waals surface area contributed by atoms with Crippen molar-refractivity contribution in [1.82, 2.24) is 0 Å². The van der Waals surface area contributed by atoms with E-state index >= 15 is 0 Å². The Morgan fingerprint density at radius 3 is 1.05 bits per heavy atom. The Morgan fingerprint density at radius 2 is 0.727 bits per heavy atom. The molecule has 244 valence electrons. The Labute approximate surface area is 266 Å². The number of nitrogens with two attached hydrogens (primary N) is 2. The molecule has 0 unspecified atom stereocenters. The van der Waals surface area contributed by atoms with Gasteiger partial charge in [0.2, 0.25) is 5.78 Å². The molecule has 0 heterocycles. The molecule has 0 fully saturated rings. The molecule has 0 saturated heterocycles. The van der Waals surface area contributed by atoms with Crippen LogP contribution in [0.5, 0.6) is 11.5 Å². The molecule has 0 saturated carbocycles. The molecule has 1 aliphatic carbocycles. The Kier molecular flexibility index (Phi) is 15.1. The van der Waals surface area contributed by atoms with Gasteiger partial charge < -0.3 is 21.7 Å². The van der Waals surface area contributed by atoms with Crippen LogP contribution in [-0.2, 0) is 12.8 Å². The van der Waals surface area contributed by atoms with Crippen LogP contribution in [0.15, 0.2) is 12.1 Å². The summed E-state index contributed by atoms with van der Waals surface area (Å²) in [7, 11) is 0. The molecule has 3 rings (SSSR count). The zero-order valence-corrected chi connectivity index (χ0v) is 27.6. The van der Waals surface area contributed by atoms with Gasteiger partial charge in [0.1, 0.15) is 11.5 Å². The highest BCUT2D eigenvalue weighted by molar-refractivity contribution is 6.33. The first-order valence-electron chi connectivity index (χ1n) is 17.7. The third-order valence-electron chi connectivity index (χ3n) is 9.33. The number of nitrogen functional groups attached to an aromatic ring is 2. The van der Waals surface area contributed by atoms with Gasteiger partial charge in [-0.2, -0.15) is 0 Å². The highest BCUT2D eigenvalue weighted by atomic mass is 16.3. The quantitative estimate of drug-likeness (QED) is 0.0512. The maximum atomic E-state index is 13.8. The summed E-state index contributed by atoms with van der Waals surface area (Å²) in [5, 5.41) is 22.4. The predicted molar refractivity (Wildman–Crippen MR) is 183 cm³/mol. The highest BCUT2D eigenvalue weighted by Gasteiger charge is 2.39. The zero-order valence-electron chi connectivity index (χ0n) is 27.6. The molecule has 6 N–H and O–H groups in total. The number of aromatic hydroxyl groups is 2. The van der Waals surface area contributed by atoms with Crippen molar-refractivity contribution in [3.8, 4) is 11.5 Å². The van der Waals surface area contributed by atoms with Gasteiger partial charge in [0.15, 0.2) is 5.78 Å². The number of hydrogen-bond acceptors (Lipinski definition) is 6. The molecule has 0 radical (unpaired) electrons. The average Bonchev–Trinajstić information content (AvgIpc) is 3.00. The molecule has 0 spiro atoms. The smallest absolute Gasteiger partial charge is 0.202 e. The second-order valence-electron chi connectivity index (χ2n) is 13.0. The third-order valence-corrected chi connectivity index (χ3v) is 9.33. The van der Waals surface area contributed by atoms with Crippen LogP contribution in [0.4, 0.5) is 11.4 Å². The second-order valence-corrected chi connectivity index (χ2v) is 13.0. The normalized spacial score (nSPS) is 12.5. The molecule has 0 amide bonds. The summed E-state index contributed by atoms with van der Waals surface area (Å²) in [4.78, 5) is 27.4. The van der Waals surface area contributed by atoms with Crippen LogP contribution < -0.4 is 11.5 Å². The summed E-state index contributed by atoms with van der Waals surface area (Å²) in [6.45, 7) is 4.47. The number of benzene rings is 2. The van der Waals surface area contributed by atoms with Crippen molar-refractivity contribution in [3.05, 3.63) is 45.5 Å². The molecule has 0 aromatic heterocycles. The number of unbranched alkanes of at least 4 members (excludes halogenated alkanes) is 18. The summed E-state index contributed by atoms with van der Waals surface area (Å²) in [6.07, 6.45) is 25.1. The van der Waals surface area contributed by atoms with E-state index in [4.69, 9.17) is 11.5 Å². The maximum Gasteiger partial charge on any atom is 0.202 e. The molecule has 6 heteroatoms. The van der Waals surface area contributed by atoms with Gasteiger partial charge in [-0.05, 0) is 48.9 Å². The topological polar surface area (TPSA) is 127 Å². The summed E-state index contributed by atoms with van der Waals surface area (Å²) in [5.41, 5.74) is 13.9. The number of anilines is 2. The summed E-state index contributed by atoms with van der Waals surface area (Å²) in [5.74, 6) is -1.51. The lowest BCUT2D eigenvalue weighted by atomic mass is 9.79. The van der Waals surface area contributed by atoms with E-state index in [0.717, 1.165) is 38.5 Å². The van der Waals surface area contributed by atoms with E-state index in [1.54, 1.807) is 12.1 Å². The monoisotopic (exact) mass is 606 g/mol. The van der Waals surface area contributed by atoms with Gasteiger partial charge >= 0.3 is 0 Å². The van der Waals surface area contributed by atoms with Crippen LogP contribution in [0.1, 0.15) is 185 Å². The fourth-order valence-electron chi connectivity index (χ4n) is 6.67. The van der Waals surface area contributed by atoms with Crippen LogP contribution in [0.2, 0.25) is 0 Å². The predicted octanol–water partition coefficient (Wildman–Crippen LogP) is 9.96. The molecule has 6 nitrogen and oxygen atoms in total. The van der Waals surface area contributed by atoms with Gasteiger partial charge in [0.05, 0.1) is 22.3 Å². The molecule has 1 aliphatic rings.